The topological polar surface area (TPSA) is 89.3 Å². The van der Waals surface area contributed by atoms with Crippen LogP contribution in [-0.2, 0) is 21.2 Å². The van der Waals surface area contributed by atoms with E-state index in [0.717, 1.165) is 12.0 Å². The van der Waals surface area contributed by atoms with Crippen LogP contribution in [0.4, 0.5) is 5.69 Å². The molecule has 1 aromatic carbocycles. The molecular formula is C15H24N2O3S. The highest BCUT2D eigenvalue weighted by atomic mass is 32.2. The molecule has 3 N–H and O–H groups in total. The minimum absolute atomic E-state index is 0.0301. The summed E-state index contributed by atoms with van der Waals surface area (Å²) in [6.45, 7) is 4.18. The van der Waals surface area contributed by atoms with Gasteiger partial charge in [-0.2, -0.15) is 0 Å². The predicted octanol–water partition coefficient (Wildman–Crippen LogP) is 1.93. The number of carbonyl (C=O) groups excluding carboxylic acids is 1. The number of sulfone groups is 1. The van der Waals surface area contributed by atoms with Crippen molar-refractivity contribution in [3.8, 4) is 0 Å². The molecule has 0 aromatic heterocycles. The van der Waals surface area contributed by atoms with E-state index < -0.39 is 9.84 Å². The molecule has 0 bridgehead atoms. The molecule has 21 heavy (non-hydrogen) atoms. The van der Waals surface area contributed by atoms with Gasteiger partial charge in [0, 0.05) is 18.7 Å². The van der Waals surface area contributed by atoms with E-state index in [4.69, 9.17) is 5.73 Å². The molecule has 6 heteroatoms. The molecule has 0 saturated heterocycles. The Morgan fingerprint density at radius 2 is 2.00 bits per heavy atom. The van der Waals surface area contributed by atoms with Crippen molar-refractivity contribution in [2.75, 3.05) is 16.8 Å². The molecule has 0 saturated carbocycles. The van der Waals surface area contributed by atoms with Crippen molar-refractivity contribution in [2.24, 2.45) is 11.7 Å². The van der Waals surface area contributed by atoms with Crippen LogP contribution in [0.25, 0.3) is 0 Å². The molecule has 0 radical (unpaired) electrons. The molecule has 0 spiro atoms. The van der Waals surface area contributed by atoms with Crippen LogP contribution in [-0.4, -0.2) is 25.8 Å². The zero-order valence-corrected chi connectivity index (χ0v) is 13.4. The van der Waals surface area contributed by atoms with Crippen LogP contribution in [0, 0.1) is 5.92 Å². The van der Waals surface area contributed by atoms with Gasteiger partial charge in [0.25, 0.3) is 0 Å². The first-order chi connectivity index (χ1) is 9.88. The summed E-state index contributed by atoms with van der Waals surface area (Å²) in [5, 5.41) is 2.72. The predicted molar refractivity (Wildman–Crippen MR) is 85.7 cm³/mol. The standard InChI is InChI=1S/C15H24N2O3S/c1-3-12(2)11-21(19,20)9-8-15(18)17-14-7-5-4-6-13(14)10-16/h4-7,12H,3,8-11,16H2,1-2H3,(H,17,18). The Morgan fingerprint density at radius 3 is 2.62 bits per heavy atom. The summed E-state index contributed by atoms with van der Waals surface area (Å²) in [5.41, 5.74) is 7.06. The molecule has 0 aliphatic carbocycles. The second kappa shape index (κ2) is 8.14. The Labute approximate surface area is 126 Å². The Hall–Kier alpha value is -1.40. The lowest BCUT2D eigenvalue weighted by Crippen LogP contribution is -2.22. The number of nitrogens with one attached hydrogen (secondary N) is 1. The lowest BCUT2D eigenvalue weighted by Gasteiger charge is -2.11. The van der Waals surface area contributed by atoms with Gasteiger partial charge in [-0.1, -0.05) is 38.5 Å². The summed E-state index contributed by atoms with van der Waals surface area (Å²) in [6.07, 6.45) is 0.785. The van der Waals surface area contributed by atoms with Gasteiger partial charge in [0.2, 0.25) is 5.91 Å². The summed E-state index contributed by atoms with van der Waals surface area (Å²) >= 11 is 0. The number of para-hydroxylation sites is 1. The van der Waals surface area contributed by atoms with Crippen LogP contribution in [0.15, 0.2) is 24.3 Å². The fourth-order valence-electron chi connectivity index (χ4n) is 1.92. The van der Waals surface area contributed by atoms with Gasteiger partial charge in [0.1, 0.15) is 0 Å². The first-order valence-corrected chi connectivity index (χ1v) is 8.98. The second-order valence-electron chi connectivity index (χ2n) is 5.29. The Balaban J connectivity index is 2.55. The zero-order chi connectivity index (χ0) is 15.9. The molecule has 0 heterocycles. The van der Waals surface area contributed by atoms with Crippen LogP contribution in [0.1, 0.15) is 32.3 Å². The van der Waals surface area contributed by atoms with Crippen LogP contribution in [0.5, 0.6) is 0 Å². The van der Waals surface area contributed by atoms with Gasteiger partial charge in [-0.05, 0) is 17.5 Å². The van der Waals surface area contributed by atoms with Crippen molar-refractivity contribution in [3.63, 3.8) is 0 Å². The summed E-state index contributed by atoms with van der Waals surface area (Å²) in [5.74, 6) is -0.163. The third kappa shape index (κ3) is 6.27. The lowest BCUT2D eigenvalue weighted by atomic mass is 10.2. The molecule has 0 aliphatic heterocycles. The largest absolute Gasteiger partial charge is 0.326 e. The van der Waals surface area contributed by atoms with Crippen molar-refractivity contribution in [1.29, 1.82) is 0 Å². The Kier molecular flexibility index (Phi) is 6.84. The van der Waals surface area contributed by atoms with Gasteiger partial charge in [-0.3, -0.25) is 4.79 Å². The number of amides is 1. The van der Waals surface area contributed by atoms with Gasteiger partial charge in [-0.25, -0.2) is 8.42 Å². The third-order valence-corrected chi connectivity index (χ3v) is 5.29. The van der Waals surface area contributed by atoms with E-state index in [-0.39, 0.29) is 29.8 Å². The fourth-order valence-corrected chi connectivity index (χ4v) is 3.68. The molecule has 5 nitrogen and oxygen atoms in total. The van der Waals surface area contributed by atoms with Gasteiger partial charge < -0.3 is 11.1 Å². The van der Waals surface area contributed by atoms with E-state index in [1.807, 2.05) is 26.0 Å². The second-order valence-corrected chi connectivity index (χ2v) is 7.52. The maximum Gasteiger partial charge on any atom is 0.225 e. The highest BCUT2D eigenvalue weighted by molar-refractivity contribution is 7.91. The summed E-state index contributed by atoms with van der Waals surface area (Å²) in [4.78, 5) is 11.9. The third-order valence-electron chi connectivity index (χ3n) is 3.39. The van der Waals surface area contributed by atoms with Gasteiger partial charge in [0.05, 0.1) is 11.5 Å². The van der Waals surface area contributed by atoms with Crippen molar-refractivity contribution in [2.45, 2.75) is 33.2 Å². The van der Waals surface area contributed by atoms with Crippen molar-refractivity contribution in [3.05, 3.63) is 29.8 Å². The highest BCUT2D eigenvalue weighted by Gasteiger charge is 2.17. The van der Waals surface area contributed by atoms with Crippen LogP contribution in [0.2, 0.25) is 0 Å². The van der Waals surface area contributed by atoms with E-state index in [1.54, 1.807) is 12.1 Å². The average Bonchev–Trinajstić information content (AvgIpc) is 2.45. The fraction of sp³-hybridized carbons (Fsp3) is 0.533. The van der Waals surface area contributed by atoms with Gasteiger partial charge in [0.15, 0.2) is 9.84 Å². The number of benzene rings is 1. The molecule has 0 aliphatic rings. The van der Waals surface area contributed by atoms with Gasteiger partial charge in [-0.15, -0.1) is 0 Å². The molecule has 0 fully saturated rings. The minimum Gasteiger partial charge on any atom is -0.326 e. The van der Waals surface area contributed by atoms with E-state index in [9.17, 15) is 13.2 Å². The monoisotopic (exact) mass is 312 g/mol. The van der Waals surface area contributed by atoms with Crippen LogP contribution in [0.3, 0.4) is 0 Å². The summed E-state index contributed by atoms with van der Waals surface area (Å²) in [7, 11) is -3.18. The number of rotatable bonds is 8. The first-order valence-electron chi connectivity index (χ1n) is 7.16. The van der Waals surface area contributed by atoms with Crippen molar-refractivity contribution in [1.82, 2.24) is 0 Å². The number of nitrogens with two attached hydrogens (primary N) is 1. The first kappa shape index (κ1) is 17.7. The Bertz CT molecular complexity index is 570. The lowest BCUT2D eigenvalue weighted by molar-refractivity contribution is -0.115. The maximum absolute atomic E-state index is 11.9. The summed E-state index contributed by atoms with van der Waals surface area (Å²) < 4.78 is 23.8. The molecular weight excluding hydrogens is 288 g/mol. The Morgan fingerprint density at radius 1 is 1.33 bits per heavy atom. The number of hydrogen-bond acceptors (Lipinski definition) is 4. The average molecular weight is 312 g/mol. The van der Waals surface area contributed by atoms with Crippen LogP contribution < -0.4 is 11.1 Å². The maximum atomic E-state index is 11.9. The highest BCUT2D eigenvalue weighted by Crippen LogP contribution is 2.14. The van der Waals surface area contributed by atoms with Crippen molar-refractivity contribution >= 4 is 21.4 Å². The summed E-state index contributed by atoms with van der Waals surface area (Å²) in [6, 6.07) is 7.23. The molecule has 1 unspecified atom stereocenters. The number of hydrogen-bond donors (Lipinski definition) is 2. The molecule has 118 valence electrons. The van der Waals surface area contributed by atoms with Crippen LogP contribution >= 0.6 is 0 Å². The van der Waals surface area contributed by atoms with Crippen molar-refractivity contribution < 1.29 is 13.2 Å². The number of anilines is 1. The minimum atomic E-state index is -3.18. The quantitative estimate of drug-likeness (QED) is 0.767. The SMILES string of the molecule is CCC(C)CS(=O)(=O)CCC(=O)Nc1ccccc1CN. The molecule has 1 rings (SSSR count). The molecule has 1 atom stereocenters. The normalized spacial score (nSPS) is 12.9. The van der Waals surface area contributed by atoms with E-state index in [2.05, 4.69) is 5.32 Å². The molecule has 1 amide bonds. The van der Waals surface area contributed by atoms with Gasteiger partial charge >= 0.3 is 0 Å². The van der Waals surface area contributed by atoms with E-state index in [1.165, 1.54) is 0 Å². The number of carbonyl (C=O) groups is 1. The smallest absolute Gasteiger partial charge is 0.225 e. The van der Waals surface area contributed by atoms with E-state index >= 15 is 0 Å². The zero-order valence-electron chi connectivity index (χ0n) is 12.6. The molecule has 1 aromatic rings. The van der Waals surface area contributed by atoms with E-state index in [0.29, 0.717) is 12.2 Å².